The number of methoxy groups -OCH3 is 1. The maximum atomic E-state index is 10.5. The van der Waals surface area contributed by atoms with E-state index in [2.05, 4.69) is 4.98 Å². The molecular formula is C5H6N2O2S. The molecule has 1 rings (SSSR count). The molecule has 0 spiro atoms. The number of carbonyl (C=O) groups excluding carboxylic acids is 1. The smallest absolute Gasteiger partial charge is 0.273 e. The van der Waals surface area contributed by atoms with Crippen LogP contribution in [0.5, 0.6) is 5.19 Å². The molecule has 0 atom stereocenters. The summed E-state index contributed by atoms with van der Waals surface area (Å²) >= 11 is 1.13. The van der Waals surface area contributed by atoms with E-state index in [1.807, 2.05) is 0 Å². The lowest BCUT2D eigenvalue weighted by molar-refractivity contribution is 0.100. The third kappa shape index (κ3) is 1.24. The molecule has 0 aliphatic rings. The Kier molecular flexibility index (Phi) is 1.86. The van der Waals surface area contributed by atoms with Gasteiger partial charge in [0.1, 0.15) is 4.88 Å². The van der Waals surface area contributed by atoms with E-state index in [0.29, 0.717) is 10.1 Å². The van der Waals surface area contributed by atoms with Gasteiger partial charge in [-0.1, -0.05) is 11.3 Å². The van der Waals surface area contributed by atoms with Gasteiger partial charge in [0, 0.05) is 0 Å². The molecule has 1 amide bonds. The third-order valence-electron chi connectivity index (χ3n) is 0.902. The monoisotopic (exact) mass is 158 g/mol. The van der Waals surface area contributed by atoms with Crippen LogP contribution in [0.4, 0.5) is 0 Å². The molecule has 0 bridgehead atoms. The Hall–Kier alpha value is -1.10. The number of rotatable bonds is 2. The normalized spacial score (nSPS) is 9.30. The lowest BCUT2D eigenvalue weighted by atomic mass is 10.5. The summed E-state index contributed by atoms with van der Waals surface area (Å²) < 4.78 is 4.74. The number of nitrogens with two attached hydrogens (primary N) is 1. The van der Waals surface area contributed by atoms with Gasteiger partial charge in [0.15, 0.2) is 0 Å². The molecule has 2 N–H and O–H groups in total. The second kappa shape index (κ2) is 2.66. The van der Waals surface area contributed by atoms with Crippen molar-refractivity contribution in [3.8, 4) is 5.19 Å². The predicted molar refractivity (Wildman–Crippen MR) is 37.2 cm³/mol. The summed E-state index contributed by atoms with van der Waals surface area (Å²) in [7, 11) is 1.49. The zero-order valence-corrected chi connectivity index (χ0v) is 6.14. The van der Waals surface area contributed by atoms with Crippen molar-refractivity contribution in [2.45, 2.75) is 0 Å². The largest absolute Gasteiger partial charge is 0.473 e. The van der Waals surface area contributed by atoms with Crippen LogP contribution in [-0.4, -0.2) is 18.0 Å². The number of amides is 1. The number of thiazole rings is 1. The summed E-state index contributed by atoms with van der Waals surface area (Å²) in [6.45, 7) is 0. The first-order valence-electron chi connectivity index (χ1n) is 2.53. The Morgan fingerprint density at radius 2 is 2.60 bits per heavy atom. The van der Waals surface area contributed by atoms with Crippen molar-refractivity contribution in [3.05, 3.63) is 11.1 Å². The Labute approximate surface area is 61.6 Å². The molecular weight excluding hydrogens is 152 g/mol. The average molecular weight is 158 g/mol. The van der Waals surface area contributed by atoms with E-state index in [4.69, 9.17) is 10.5 Å². The van der Waals surface area contributed by atoms with Gasteiger partial charge in [-0.3, -0.25) is 4.79 Å². The first-order chi connectivity index (χ1) is 4.74. The SMILES string of the molecule is COc1ncc(C(N)=O)s1. The van der Waals surface area contributed by atoms with E-state index in [-0.39, 0.29) is 0 Å². The summed E-state index contributed by atoms with van der Waals surface area (Å²) in [6.07, 6.45) is 1.39. The van der Waals surface area contributed by atoms with Crippen LogP contribution in [0.3, 0.4) is 0 Å². The third-order valence-corrected chi connectivity index (χ3v) is 1.88. The van der Waals surface area contributed by atoms with E-state index in [9.17, 15) is 4.79 Å². The quantitative estimate of drug-likeness (QED) is 0.671. The van der Waals surface area contributed by atoms with Gasteiger partial charge in [-0.15, -0.1) is 0 Å². The van der Waals surface area contributed by atoms with Crippen LogP contribution in [-0.2, 0) is 0 Å². The predicted octanol–water partition coefficient (Wildman–Crippen LogP) is 0.251. The zero-order chi connectivity index (χ0) is 7.56. The summed E-state index contributed by atoms with van der Waals surface area (Å²) in [5.41, 5.74) is 4.96. The van der Waals surface area contributed by atoms with Crippen molar-refractivity contribution in [2.75, 3.05) is 7.11 Å². The number of hydrogen-bond donors (Lipinski definition) is 1. The Bertz CT molecular complexity index is 246. The number of aromatic nitrogens is 1. The highest BCUT2D eigenvalue weighted by Crippen LogP contribution is 2.18. The van der Waals surface area contributed by atoms with Crippen molar-refractivity contribution in [2.24, 2.45) is 5.73 Å². The maximum Gasteiger partial charge on any atom is 0.273 e. The summed E-state index contributed by atoms with van der Waals surface area (Å²) in [5.74, 6) is -0.471. The molecule has 0 fully saturated rings. The first-order valence-corrected chi connectivity index (χ1v) is 3.35. The Balaban J connectivity index is 2.88. The van der Waals surface area contributed by atoms with E-state index in [1.165, 1.54) is 13.3 Å². The van der Waals surface area contributed by atoms with Crippen LogP contribution in [0.1, 0.15) is 9.67 Å². The molecule has 0 radical (unpaired) electrons. The van der Waals surface area contributed by atoms with E-state index in [1.54, 1.807) is 0 Å². The molecule has 1 aromatic heterocycles. The molecule has 4 nitrogen and oxygen atoms in total. The maximum absolute atomic E-state index is 10.5. The summed E-state index contributed by atoms with van der Waals surface area (Å²) in [6, 6.07) is 0. The minimum atomic E-state index is -0.471. The van der Waals surface area contributed by atoms with Gasteiger partial charge < -0.3 is 10.5 Å². The topological polar surface area (TPSA) is 65.2 Å². The number of nitrogens with zero attached hydrogens (tertiary/aromatic N) is 1. The van der Waals surface area contributed by atoms with Crippen molar-refractivity contribution in [1.29, 1.82) is 0 Å². The van der Waals surface area contributed by atoms with E-state index in [0.717, 1.165) is 11.3 Å². The molecule has 0 aliphatic carbocycles. The molecule has 5 heteroatoms. The molecule has 0 saturated heterocycles. The molecule has 1 aromatic rings. The van der Waals surface area contributed by atoms with Gasteiger partial charge in [0.05, 0.1) is 13.3 Å². The number of primary amides is 1. The molecule has 54 valence electrons. The van der Waals surface area contributed by atoms with Crippen molar-refractivity contribution in [1.82, 2.24) is 4.98 Å². The second-order valence-corrected chi connectivity index (χ2v) is 2.55. The molecule has 1 heterocycles. The zero-order valence-electron chi connectivity index (χ0n) is 5.33. The lowest BCUT2D eigenvalue weighted by Crippen LogP contribution is -2.08. The molecule has 0 unspecified atom stereocenters. The minimum Gasteiger partial charge on any atom is -0.473 e. The van der Waals surface area contributed by atoms with Gasteiger partial charge in [0.2, 0.25) is 0 Å². The molecule has 10 heavy (non-hydrogen) atoms. The van der Waals surface area contributed by atoms with Crippen LogP contribution >= 0.6 is 11.3 Å². The van der Waals surface area contributed by atoms with Crippen LogP contribution in [0.15, 0.2) is 6.20 Å². The molecule has 0 aliphatic heterocycles. The van der Waals surface area contributed by atoms with Crippen molar-refractivity contribution in [3.63, 3.8) is 0 Å². The summed E-state index contributed by atoms with van der Waals surface area (Å²) in [5, 5.41) is 0.453. The van der Waals surface area contributed by atoms with Gasteiger partial charge in [0.25, 0.3) is 11.1 Å². The second-order valence-electron chi connectivity index (χ2n) is 1.56. The van der Waals surface area contributed by atoms with Crippen LogP contribution in [0.25, 0.3) is 0 Å². The van der Waals surface area contributed by atoms with Gasteiger partial charge >= 0.3 is 0 Å². The fourth-order valence-electron chi connectivity index (χ4n) is 0.466. The highest BCUT2D eigenvalue weighted by molar-refractivity contribution is 7.15. The van der Waals surface area contributed by atoms with Gasteiger partial charge in [-0.2, -0.15) is 0 Å². The summed E-state index contributed by atoms with van der Waals surface area (Å²) in [4.78, 5) is 14.6. The first kappa shape index (κ1) is 7.01. The van der Waals surface area contributed by atoms with Crippen molar-refractivity contribution >= 4 is 17.2 Å². The molecule has 0 aromatic carbocycles. The number of carbonyl (C=O) groups is 1. The minimum absolute atomic E-state index is 0.414. The number of hydrogen-bond acceptors (Lipinski definition) is 4. The van der Waals surface area contributed by atoms with Crippen LogP contribution < -0.4 is 10.5 Å². The Morgan fingerprint density at radius 3 is 2.90 bits per heavy atom. The number of ether oxygens (including phenoxy) is 1. The highest BCUT2D eigenvalue weighted by atomic mass is 32.1. The lowest BCUT2D eigenvalue weighted by Gasteiger charge is -1.86. The van der Waals surface area contributed by atoms with Crippen LogP contribution in [0.2, 0.25) is 0 Å². The van der Waals surface area contributed by atoms with Gasteiger partial charge in [-0.05, 0) is 0 Å². The standard InChI is InChI=1S/C5H6N2O2S/c1-9-5-7-2-3(10-5)4(6)8/h2H,1H3,(H2,6,8). The van der Waals surface area contributed by atoms with E-state index >= 15 is 0 Å². The average Bonchev–Trinajstić information content (AvgIpc) is 2.34. The highest BCUT2D eigenvalue weighted by Gasteiger charge is 2.05. The van der Waals surface area contributed by atoms with E-state index < -0.39 is 5.91 Å². The Morgan fingerprint density at radius 1 is 1.90 bits per heavy atom. The van der Waals surface area contributed by atoms with Crippen LogP contribution in [0, 0.1) is 0 Å². The molecule has 0 saturated carbocycles. The fourth-order valence-corrected chi connectivity index (χ4v) is 1.05. The fraction of sp³-hybridized carbons (Fsp3) is 0.200. The van der Waals surface area contributed by atoms with Crippen molar-refractivity contribution < 1.29 is 9.53 Å². The van der Waals surface area contributed by atoms with Gasteiger partial charge in [-0.25, -0.2) is 4.98 Å².